The van der Waals surface area contributed by atoms with E-state index in [1.54, 1.807) is 34.5 Å². The Morgan fingerprint density at radius 3 is 2.65 bits per heavy atom. The first-order chi connectivity index (χ1) is 10.9. The lowest BCUT2D eigenvalue weighted by molar-refractivity contribution is -0.129. The zero-order valence-corrected chi connectivity index (χ0v) is 15.7. The van der Waals surface area contributed by atoms with Gasteiger partial charge in [-0.1, -0.05) is 30.1 Å². The van der Waals surface area contributed by atoms with Crippen molar-refractivity contribution in [2.75, 3.05) is 5.01 Å². The second-order valence-electron chi connectivity index (χ2n) is 5.11. The van der Waals surface area contributed by atoms with Crippen LogP contribution in [-0.4, -0.2) is 16.8 Å². The fourth-order valence-electron chi connectivity index (χ4n) is 2.59. The van der Waals surface area contributed by atoms with Crippen LogP contribution in [0.2, 0.25) is 10.0 Å². The fraction of sp³-hybridized carbons (Fsp3) is 0.200. The van der Waals surface area contributed by atoms with Crippen LogP contribution in [0.5, 0.6) is 0 Å². The summed E-state index contributed by atoms with van der Waals surface area (Å²) in [4.78, 5) is 12.5. The summed E-state index contributed by atoms with van der Waals surface area (Å²) in [5, 5.41) is 16.3. The molecule has 0 amide bonds. The Hall–Kier alpha value is -1.08. The maximum absolute atomic E-state index is 11.5. The van der Waals surface area contributed by atoms with Gasteiger partial charge < -0.3 is 5.11 Å². The number of nitrogens with zero attached hydrogens (tertiary/aromatic N) is 2. The molecule has 0 saturated heterocycles. The summed E-state index contributed by atoms with van der Waals surface area (Å²) in [7, 11) is 0. The van der Waals surface area contributed by atoms with E-state index < -0.39 is 5.97 Å². The smallest absolute Gasteiger partial charge is 0.352 e. The van der Waals surface area contributed by atoms with Gasteiger partial charge in [0.25, 0.3) is 0 Å². The Morgan fingerprint density at radius 2 is 2.09 bits per heavy atom. The SMILES string of the molecule is C[C@@H]1C(C(=O)O)=NN(c2ccc(Cl)cc2Cl)[C@H]1c1ccc(Br)s1. The van der Waals surface area contributed by atoms with Gasteiger partial charge in [0.1, 0.15) is 0 Å². The van der Waals surface area contributed by atoms with Crippen LogP contribution < -0.4 is 5.01 Å². The van der Waals surface area contributed by atoms with Crippen molar-refractivity contribution in [3.8, 4) is 0 Å². The number of thiophene rings is 1. The quantitative estimate of drug-likeness (QED) is 0.699. The lowest BCUT2D eigenvalue weighted by Crippen LogP contribution is -2.25. The average molecular weight is 434 g/mol. The molecule has 0 aliphatic carbocycles. The molecule has 4 nitrogen and oxygen atoms in total. The van der Waals surface area contributed by atoms with E-state index in [0.717, 1.165) is 8.66 Å². The third kappa shape index (κ3) is 3.13. The summed E-state index contributed by atoms with van der Waals surface area (Å²) in [6.07, 6.45) is 0. The normalized spacial score (nSPS) is 20.7. The summed E-state index contributed by atoms with van der Waals surface area (Å²) in [5.41, 5.74) is 0.749. The predicted molar refractivity (Wildman–Crippen MR) is 97.9 cm³/mol. The maximum Gasteiger partial charge on any atom is 0.352 e. The number of hydrogen-bond acceptors (Lipinski definition) is 4. The first kappa shape index (κ1) is 16.8. The first-order valence-electron chi connectivity index (χ1n) is 6.70. The molecule has 23 heavy (non-hydrogen) atoms. The molecule has 1 aliphatic rings. The van der Waals surface area contributed by atoms with Gasteiger partial charge in [-0.3, -0.25) is 5.01 Å². The summed E-state index contributed by atoms with van der Waals surface area (Å²) in [6, 6.07) is 8.76. The van der Waals surface area contributed by atoms with E-state index in [-0.39, 0.29) is 17.7 Å². The third-order valence-electron chi connectivity index (χ3n) is 3.65. The van der Waals surface area contributed by atoms with Gasteiger partial charge >= 0.3 is 5.97 Å². The van der Waals surface area contributed by atoms with Crippen LogP contribution in [0.4, 0.5) is 5.69 Å². The highest BCUT2D eigenvalue weighted by Crippen LogP contribution is 2.44. The van der Waals surface area contributed by atoms with Crippen LogP contribution in [0.1, 0.15) is 17.8 Å². The molecule has 1 aliphatic heterocycles. The van der Waals surface area contributed by atoms with Crippen molar-refractivity contribution in [3.63, 3.8) is 0 Å². The molecule has 2 aromatic rings. The predicted octanol–water partition coefficient (Wildman–Crippen LogP) is 5.46. The van der Waals surface area contributed by atoms with Gasteiger partial charge in [0.2, 0.25) is 0 Å². The van der Waals surface area contributed by atoms with Crippen LogP contribution in [0, 0.1) is 5.92 Å². The number of rotatable bonds is 3. The van der Waals surface area contributed by atoms with E-state index in [2.05, 4.69) is 21.0 Å². The molecular weight excluding hydrogens is 423 g/mol. The van der Waals surface area contributed by atoms with Crippen LogP contribution >= 0.6 is 50.5 Å². The Labute approximate surface area is 155 Å². The van der Waals surface area contributed by atoms with Crippen LogP contribution in [0.25, 0.3) is 0 Å². The highest BCUT2D eigenvalue weighted by molar-refractivity contribution is 9.11. The number of carboxylic acids is 1. The highest BCUT2D eigenvalue weighted by atomic mass is 79.9. The van der Waals surface area contributed by atoms with Crippen molar-refractivity contribution < 1.29 is 9.90 Å². The molecule has 8 heteroatoms. The molecule has 0 spiro atoms. The average Bonchev–Trinajstić information content (AvgIpc) is 3.02. The number of carbonyl (C=O) groups is 1. The van der Waals surface area contributed by atoms with Crippen molar-refractivity contribution in [3.05, 3.63) is 49.0 Å². The Kier molecular flexibility index (Phi) is 4.69. The zero-order chi connectivity index (χ0) is 16.7. The number of hydrogen-bond donors (Lipinski definition) is 1. The summed E-state index contributed by atoms with van der Waals surface area (Å²) < 4.78 is 0.977. The number of halogens is 3. The van der Waals surface area contributed by atoms with Crippen LogP contribution in [-0.2, 0) is 4.79 Å². The van der Waals surface area contributed by atoms with Gasteiger partial charge in [0.15, 0.2) is 5.71 Å². The second kappa shape index (κ2) is 6.43. The number of carboxylic acid groups (broad SMARTS) is 1. The summed E-state index contributed by atoms with van der Waals surface area (Å²) in [5.74, 6) is -1.30. The molecule has 0 saturated carbocycles. The van der Waals surface area contributed by atoms with Crippen molar-refractivity contribution in [1.29, 1.82) is 0 Å². The lowest BCUT2D eigenvalue weighted by atomic mass is 9.96. The summed E-state index contributed by atoms with van der Waals surface area (Å²) >= 11 is 17.2. The molecule has 3 rings (SSSR count). The third-order valence-corrected chi connectivity index (χ3v) is 5.88. The number of aliphatic carboxylic acids is 1. The molecule has 1 aromatic carbocycles. The largest absolute Gasteiger partial charge is 0.477 e. The van der Waals surface area contributed by atoms with Gasteiger partial charge in [-0.25, -0.2) is 4.79 Å². The molecule has 1 N–H and O–H groups in total. The summed E-state index contributed by atoms with van der Waals surface area (Å²) in [6.45, 7) is 1.86. The highest BCUT2D eigenvalue weighted by Gasteiger charge is 2.40. The van der Waals surface area contributed by atoms with Gasteiger partial charge in [-0.05, 0) is 46.3 Å². The van der Waals surface area contributed by atoms with Gasteiger partial charge in [0, 0.05) is 15.8 Å². The van der Waals surface area contributed by atoms with Crippen molar-refractivity contribution in [2.45, 2.75) is 13.0 Å². The molecule has 0 radical (unpaired) electrons. The lowest BCUT2D eigenvalue weighted by Gasteiger charge is -2.26. The van der Waals surface area contributed by atoms with Crippen LogP contribution in [0.15, 0.2) is 39.2 Å². The maximum atomic E-state index is 11.5. The fourth-order valence-corrected chi connectivity index (χ4v) is 4.70. The monoisotopic (exact) mass is 432 g/mol. The van der Waals surface area contributed by atoms with E-state index in [0.29, 0.717) is 15.7 Å². The standard InChI is InChI=1S/C15H11BrCl2N2O2S/c1-7-13(15(21)22)19-20(10-3-2-8(17)6-9(10)18)14(7)11-4-5-12(16)23-11/h2-7,14H,1H3,(H,21,22)/t7-,14-/m1/s1. The molecular formula is C15H11BrCl2N2O2S. The number of anilines is 1. The molecule has 0 bridgehead atoms. The molecule has 0 unspecified atom stereocenters. The topological polar surface area (TPSA) is 52.9 Å². The Morgan fingerprint density at radius 1 is 1.35 bits per heavy atom. The van der Waals surface area contributed by atoms with Gasteiger partial charge in [-0.15, -0.1) is 11.3 Å². The van der Waals surface area contributed by atoms with Crippen molar-refractivity contribution >= 4 is 67.8 Å². The van der Waals surface area contributed by atoms with Gasteiger partial charge in [0.05, 0.1) is 20.5 Å². The Balaban J connectivity index is 2.11. The molecule has 2 atom stereocenters. The second-order valence-corrected chi connectivity index (χ2v) is 8.44. The van der Waals surface area contributed by atoms with Crippen molar-refractivity contribution in [1.82, 2.24) is 0 Å². The van der Waals surface area contributed by atoms with E-state index in [4.69, 9.17) is 23.2 Å². The zero-order valence-electron chi connectivity index (χ0n) is 11.8. The van der Waals surface area contributed by atoms with Gasteiger partial charge in [-0.2, -0.15) is 5.10 Å². The first-order valence-corrected chi connectivity index (χ1v) is 9.06. The minimum absolute atomic E-state index is 0.116. The molecule has 120 valence electrons. The van der Waals surface area contributed by atoms with E-state index in [9.17, 15) is 9.90 Å². The Bertz CT molecular complexity index is 809. The van der Waals surface area contributed by atoms with Crippen LogP contribution in [0.3, 0.4) is 0 Å². The number of hydrazone groups is 1. The van der Waals surface area contributed by atoms with Crippen molar-refractivity contribution in [2.24, 2.45) is 11.0 Å². The number of benzene rings is 1. The van der Waals surface area contributed by atoms with E-state index in [1.165, 1.54) is 0 Å². The van der Waals surface area contributed by atoms with E-state index in [1.807, 2.05) is 19.1 Å². The molecule has 0 fully saturated rings. The molecule has 1 aromatic heterocycles. The minimum atomic E-state index is -1.02. The minimum Gasteiger partial charge on any atom is -0.477 e. The molecule has 2 heterocycles. The van der Waals surface area contributed by atoms with E-state index >= 15 is 0 Å².